The highest BCUT2D eigenvalue weighted by molar-refractivity contribution is 4.86. The van der Waals surface area contributed by atoms with Gasteiger partial charge in [0, 0.05) is 18.6 Å². The highest BCUT2D eigenvalue weighted by atomic mass is 15.0. The fraction of sp³-hybridized carbons (Fsp3) is 1.00. The molecule has 0 aromatic heterocycles. The van der Waals surface area contributed by atoms with E-state index in [4.69, 9.17) is 0 Å². The molecular weight excluding hydrogens is 208 g/mol. The molecule has 0 spiro atoms. The van der Waals surface area contributed by atoms with E-state index in [2.05, 4.69) is 24.5 Å². The summed E-state index contributed by atoms with van der Waals surface area (Å²) in [6.07, 6.45) is 11.2. The van der Waals surface area contributed by atoms with Gasteiger partial charge in [-0.05, 0) is 51.0 Å². The molecule has 2 rings (SSSR count). The molecular formula is C15H30N2. The first kappa shape index (κ1) is 13.4. The van der Waals surface area contributed by atoms with E-state index in [0.717, 1.165) is 6.04 Å². The van der Waals surface area contributed by atoms with Crippen LogP contribution in [0.5, 0.6) is 0 Å². The molecule has 1 aliphatic carbocycles. The number of rotatable bonds is 5. The highest BCUT2D eigenvalue weighted by Gasteiger charge is 2.31. The van der Waals surface area contributed by atoms with Crippen LogP contribution in [0.25, 0.3) is 0 Å². The lowest BCUT2D eigenvalue weighted by molar-refractivity contribution is 0.150. The Labute approximate surface area is 107 Å². The van der Waals surface area contributed by atoms with Crippen molar-refractivity contribution in [3.8, 4) is 0 Å². The molecule has 2 fully saturated rings. The van der Waals surface area contributed by atoms with Crippen molar-refractivity contribution in [2.45, 2.75) is 77.3 Å². The van der Waals surface area contributed by atoms with Crippen molar-refractivity contribution in [1.29, 1.82) is 0 Å². The summed E-state index contributed by atoms with van der Waals surface area (Å²) >= 11 is 0. The second-order valence-electron chi connectivity index (χ2n) is 6.68. The molecule has 17 heavy (non-hydrogen) atoms. The summed E-state index contributed by atoms with van der Waals surface area (Å²) in [5.41, 5.74) is 0.616. The lowest BCUT2D eigenvalue weighted by Gasteiger charge is -2.39. The van der Waals surface area contributed by atoms with Crippen molar-refractivity contribution in [3.63, 3.8) is 0 Å². The molecule has 0 radical (unpaired) electrons. The van der Waals surface area contributed by atoms with E-state index in [9.17, 15) is 0 Å². The smallest absolute Gasteiger partial charge is 0.00817 e. The molecule has 0 bridgehead atoms. The maximum absolute atomic E-state index is 3.75. The third-order valence-corrected chi connectivity index (χ3v) is 4.74. The van der Waals surface area contributed by atoms with Gasteiger partial charge in [0.15, 0.2) is 0 Å². The van der Waals surface area contributed by atoms with E-state index in [1.54, 1.807) is 0 Å². The first-order chi connectivity index (χ1) is 8.18. The van der Waals surface area contributed by atoms with Crippen molar-refractivity contribution in [3.05, 3.63) is 0 Å². The Balaban J connectivity index is 1.63. The van der Waals surface area contributed by atoms with Gasteiger partial charge in [0.25, 0.3) is 0 Å². The van der Waals surface area contributed by atoms with Crippen LogP contribution in [-0.2, 0) is 0 Å². The van der Waals surface area contributed by atoms with Crippen LogP contribution in [0.15, 0.2) is 0 Å². The van der Waals surface area contributed by atoms with Gasteiger partial charge in [-0.15, -0.1) is 0 Å². The second-order valence-corrected chi connectivity index (χ2v) is 6.68. The van der Waals surface area contributed by atoms with Crippen molar-refractivity contribution in [1.82, 2.24) is 10.6 Å². The normalized spacial score (nSPS) is 30.4. The maximum Gasteiger partial charge on any atom is 0.00817 e. The highest BCUT2D eigenvalue weighted by Crippen LogP contribution is 2.39. The lowest BCUT2D eigenvalue weighted by Crippen LogP contribution is -2.43. The Morgan fingerprint density at radius 3 is 2.76 bits per heavy atom. The SMILES string of the molecule is CC(CC1CCCCCN1)NCC1(C)CCC1. The number of hydrogen-bond acceptors (Lipinski definition) is 2. The zero-order chi connectivity index (χ0) is 12.1. The lowest BCUT2D eigenvalue weighted by atomic mass is 9.70. The van der Waals surface area contributed by atoms with E-state index < -0.39 is 0 Å². The van der Waals surface area contributed by atoms with E-state index in [1.807, 2.05) is 0 Å². The Bertz CT molecular complexity index is 215. The van der Waals surface area contributed by atoms with Crippen LogP contribution < -0.4 is 10.6 Å². The van der Waals surface area contributed by atoms with Crippen molar-refractivity contribution < 1.29 is 0 Å². The van der Waals surface area contributed by atoms with Crippen molar-refractivity contribution in [2.24, 2.45) is 5.41 Å². The van der Waals surface area contributed by atoms with Crippen LogP contribution in [0.1, 0.15) is 65.2 Å². The summed E-state index contributed by atoms with van der Waals surface area (Å²) in [6.45, 7) is 7.24. The van der Waals surface area contributed by atoms with Crippen LogP contribution in [-0.4, -0.2) is 25.2 Å². The fourth-order valence-corrected chi connectivity index (χ4v) is 3.19. The summed E-state index contributed by atoms with van der Waals surface area (Å²) in [7, 11) is 0. The van der Waals surface area contributed by atoms with E-state index in [0.29, 0.717) is 11.5 Å². The third-order valence-electron chi connectivity index (χ3n) is 4.74. The third kappa shape index (κ3) is 4.26. The van der Waals surface area contributed by atoms with Gasteiger partial charge >= 0.3 is 0 Å². The standard InChI is InChI=1S/C15H30N2/c1-13(17-12-15(2)8-6-9-15)11-14-7-4-3-5-10-16-14/h13-14,16-17H,3-12H2,1-2H3. The molecule has 1 saturated carbocycles. The first-order valence-corrected chi connectivity index (χ1v) is 7.65. The van der Waals surface area contributed by atoms with Crippen molar-refractivity contribution >= 4 is 0 Å². The summed E-state index contributed by atoms with van der Waals surface area (Å²) < 4.78 is 0. The van der Waals surface area contributed by atoms with Gasteiger partial charge in [-0.1, -0.05) is 26.2 Å². The van der Waals surface area contributed by atoms with Gasteiger partial charge in [0.2, 0.25) is 0 Å². The van der Waals surface area contributed by atoms with Gasteiger partial charge < -0.3 is 10.6 Å². The largest absolute Gasteiger partial charge is 0.314 e. The molecule has 1 aliphatic heterocycles. The molecule has 2 N–H and O–H groups in total. The van der Waals surface area contributed by atoms with Gasteiger partial charge in [-0.3, -0.25) is 0 Å². The molecule has 2 heteroatoms. The summed E-state index contributed by atoms with van der Waals surface area (Å²) in [6, 6.07) is 1.43. The Morgan fingerprint density at radius 2 is 2.06 bits per heavy atom. The molecule has 2 atom stereocenters. The Morgan fingerprint density at radius 1 is 1.24 bits per heavy atom. The van der Waals surface area contributed by atoms with Crippen LogP contribution in [0, 0.1) is 5.41 Å². The summed E-state index contributed by atoms with van der Waals surface area (Å²) in [4.78, 5) is 0. The molecule has 1 heterocycles. The molecule has 100 valence electrons. The quantitative estimate of drug-likeness (QED) is 0.769. The second kappa shape index (κ2) is 6.19. The van der Waals surface area contributed by atoms with Crippen LogP contribution >= 0.6 is 0 Å². The minimum Gasteiger partial charge on any atom is -0.314 e. The minimum absolute atomic E-state index is 0.616. The molecule has 2 unspecified atom stereocenters. The Hall–Kier alpha value is -0.0800. The predicted octanol–water partition coefficient (Wildman–Crippen LogP) is 3.08. The van der Waals surface area contributed by atoms with E-state index in [-0.39, 0.29) is 0 Å². The van der Waals surface area contributed by atoms with E-state index in [1.165, 1.54) is 64.5 Å². The Kier molecular flexibility index (Phi) is 4.87. The average molecular weight is 238 g/mol. The average Bonchev–Trinajstić information content (AvgIpc) is 2.52. The van der Waals surface area contributed by atoms with Gasteiger partial charge in [-0.2, -0.15) is 0 Å². The van der Waals surface area contributed by atoms with Gasteiger partial charge in [0.05, 0.1) is 0 Å². The van der Waals surface area contributed by atoms with Crippen LogP contribution in [0.2, 0.25) is 0 Å². The molecule has 0 aromatic carbocycles. The zero-order valence-corrected chi connectivity index (χ0v) is 11.7. The molecule has 1 saturated heterocycles. The summed E-state index contributed by atoms with van der Waals surface area (Å²) in [5.74, 6) is 0. The van der Waals surface area contributed by atoms with Crippen molar-refractivity contribution in [2.75, 3.05) is 13.1 Å². The molecule has 2 aliphatic rings. The van der Waals surface area contributed by atoms with E-state index >= 15 is 0 Å². The molecule has 0 amide bonds. The molecule has 2 nitrogen and oxygen atoms in total. The number of hydrogen-bond donors (Lipinski definition) is 2. The minimum atomic E-state index is 0.616. The number of nitrogens with one attached hydrogen (secondary N) is 2. The molecule has 0 aromatic rings. The first-order valence-electron chi connectivity index (χ1n) is 7.65. The van der Waals surface area contributed by atoms with Gasteiger partial charge in [-0.25, -0.2) is 0 Å². The van der Waals surface area contributed by atoms with Crippen LogP contribution in [0.3, 0.4) is 0 Å². The summed E-state index contributed by atoms with van der Waals surface area (Å²) in [5, 5.41) is 7.45. The maximum atomic E-state index is 3.75. The monoisotopic (exact) mass is 238 g/mol. The van der Waals surface area contributed by atoms with Gasteiger partial charge in [0.1, 0.15) is 0 Å². The topological polar surface area (TPSA) is 24.1 Å². The fourth-order valence-electron chi connectivity index (χ4n) is 3.19. The van der Waals surface area contributed by atoms with Crippen LogP contribution in [0.4, 0.5) is 0 Å². The predicted molar refractivity (Wildman–Crippen MR) is 74.3 cm³/mol. The zero-order valence-electron chi connectivity index (χ0n) is 11.7.